The number of nitrogens with zero attached hydrogens (tertiary/aromatic N) is 2. The molecule has 0 amide bonds. The largest absolute Gasteiger partial charge is 0.502 e. The van der Waals surface area contributed by atoms with Crippen LogP contribution in [0.25, 0.3) is 0 Å². The number of halogens is 2. The summed E-state index contributed by atoms with van der Waals surface area (Å²) >= 11 is 11.4. The van der Waals surface area contributed by atoms with Gasteiger partial charge < -0.3 is 10.2 Å². The standard InChI is InChI=1S/C13H6Cl2N2O7/c14-5-1-7(12(19)9(3-5)16(21)22)11(18)8-2-6(15)4-10(13(8)20)17(23)24/h1-4,19-20H. The van der Waals surface area contributed by atoms with Crippen LogP contribution in [0.2, 0.25) is 10.0 Å². The number of hydrogen-bond donors (Lipinski definition) is 2. The summed E-state index contributed by atoms with van der Waals surface area (Å²) in [4.78, 5) is 32.3. The van der Waals surface area contributed by atoms with E-state index in [2.05, 4.69) is 0 Å². The Morgan fingerprint density at radius 1 is 0.833 bits per heavy atom. The minimum absolute atomic E-state index is 0.223. The van der Waals surface area contributed by atoms with Crippen molar-refractivity contribution in [2.24, 2.45) is 0 Å². The van der Waals surface area contributed by atoms with Gasteiger partial charge in [0.1, 0.15) is 0 Å². The van der Waals surface area contributed by atoms with Crippen LogP contribution in [0.1, 0.15) is 15.9 Å². The van der Waals surface area contributed by atoms with Gasteiger partial charge in [0.15, 0.2) is 0 Å². The first-order valence-corrected chi connectivity index (χ1v) is 6.77. The number of ketones is 1. The van der Waals surface area contributed by atoms with Crippen molar-refractivity contribution in [2.45, 2.75) is 0 Å². The van der Waals surface area contributed by atoms with E-state index in [0.717, 1.165) is 24.3 Å². The highest BCUT2D eigenvalue weighted by Gasteiger charge is 2.28. The lowest BCUT2D eigenvalue weighted by atomic mass is 10.00. The maximum atomic E-state index is 12.5. The van der Waals surface area contributed by atoms with Crippen LogP contribution in [0.15, 0.2) is 24.3 Å². The van der Waals surface area contributed by atoms with E-state index in [1.54, 1.807) is 0 Å². The highest BCUT2D eigenvalue weighted by Crippen LogP contribution is 2.39. The molecule has 0 aliphatic heterocycles. The molecule has 0 spiro atoms. The van der Waals surface area contributed by atoms with Gasteiger partial charge in [0.2, 0.25) is 17.3 Å². The third-order valence-electron chi connectivity index (χ3n) is 2.99. The zero-order chi connectivity index (χ0) is 18.2. The Bertz CT molecular complexity index is 827. The van der Waals surface area contributed by atoms with Gasteiger partial charge in [0.05, 0.1) is 21.0 Å². The second kappa shape index (κ2) is 6.30. The highest BCUT2D eigenvalue weighted by molar-refractivity contribution is 6.32. The van der Waals surface area contributed by atoms with Gasteiger partial charge in [0, 0.05) is 22.2 Å². The van der Waals surface area contributed by atoms with E-state index in [4.69, 9.17) is 23.2 Å². The number of carbonyl (C=O) groups excluding carboxylic acids is 1. The lowest BCUT2D eigenvalue weighted by Gasteiger charge is -2.08. The Morgan fingerprint density at radius 2 is 1.17 bits per heavy atom. The van der Waals surface area contributed by atoms with Crippen molar-refractivity contribution in [1.29, 1.82) is 0 Å². The number of hydrogen-bond acceptors (Lipinski definition) is 7. The van der Waals surface area contributed by atoms with Gasteiger partial charge in [-0.3, -0.25) is 25.0 Å². The summed E-state index contributed by atoms with van der Waals surface area (Å²) < 4.78 is 0. The van der Waals surface area contributed by atoms with Gasteiger partial charge in [-0.1, -0.05) is 23.2 Å². The summed E-state index contributed by atoms with van der Waals surface area (Å²) in [5.41, 5.74) is -2.88. The van der Waals surface area contributed by atoms with Crippen LogP contribution in [0.3, 0.4) is 0 Å². The van der Waals surface area contributed by atoms with E-state index in [9.17, 15) is 35.2 Å². The van der Waals surface area contributed by atoms with Gasteiger partial charge in [0.25, 0.3) is 0 Å². The average Bonchev–Trinajstić information content (AvgIpc) is 2.49. The van der Waals surface area contributed by atoms with Crippen LogP contribution >= 0.6 is 23.2 Å². The lowest BCUT2D eigenvalue weighted by molar-refractivity contribution is -0.386. The number of nitro groups is 2. The van der Waals surface area contributed by atoms with Gasteiger partial charge in [-0.15, -0.1) is 0 Å². The number of carbonyl (C=O) groups is 1. The summed E-state index contributed by atoms with van der Waals surface area (Å²) in [5.74, 6) is -3.10. The summed E-state index contributed by atoms with van der Waals surface area (Å²) in [7, 11) is 0. The van der Waals surface area contributed by atoms with Crippen molar-refractivity contribution < 1.29 is 24.9 Å². The average molecular weight is 373 g/mol. The third-order valence-corrected chi connectivity index (χ3v) is 3.43. The summed E-state index contributed by atoms with van der Waals surface area (Å²) in [6.45, 7) is 0. The van der Waals surface area contributed by atoms with E-state index in [1.807, 2.05) is 0 Å². The Hall–Kier alpha value is -2.91. The number of phenolic OH excluding ortho intramolecular Hbond substituents is 2. The molecule has 9 nitrogen and oxygen atoms in total. The van der Waals surface area contributed by atoms with Crippen molar-refractivity contribution in [3.8, 4) is 11.5 Å². The molecule has 0 aromatic heterocycles. The van der Waals surface area contributed by atoms with Crippen molar-refractivity contribution in [2.75, 3.05) is 0 Å². The Kier molecular flexibility index (Phi) is 4.58. The van der Waals surface area contributed by atoms with E-state index in [0.29, 0.717) is 0 Å². The van der Waals surface area contributed by atoms with E-state index in [1.165, 1.54) is 0 Å². The van der Waals surface area contributed by atoms with Crippen LogP contribution < -0.4 is 0 Å². The third kappa shape index (κ3) is 3.07. The summed E-state index contributed by atoms with van der Waals surface area (Å²) in [5, 5.41) is 41.1. The molecule has 2 aromatic rings. The molecule has 0 radical (unpaired) electrons. The second-order valence-electron chi connectivity index (χ2n) is 4.49. The molecule has 2 rings (SSSR count). The first-order valence-electron chi connectivity index (χ1n) is 6.02. The van der Waals surface area contributed by atoms with Crippen LogP contribution in [0, 0.1) is 20.2 Å². The maximum Gasteiger partial charge on any atom is 0.312 e. The minimum Gasteiger partial charge on any atom is -0.502 e. The molecule has 0 heterocycles. The number of aromatic hydroxyl groups is 2. The maximum absolute atomic E-state index is 12.5. The fourth-order valence-electron chi connectivity index (χ4n) is 1.94. The van der Waals surface area contributed by atoms with E-state index in [-0.39, 0.29) is 10.0 Å². The molecule has 11 heteroatoms. The fourth-order valence-corrected chi connectivity index (χ4v) is 2.36. The van der Waals surface area contributed by atoms with Crippen LogP contribution in [0.4, 0.5) is 11.4 Å². The molecule has 124 valence electrons. The first kappa shape index (κ1) is 17.4. The molecule has 0 bridgehead atoms. The Labute approximate surface area is 143 Å². The quantitative estimate of drug-likeness (QED) is 0.474. The molecule has 0 aliphatic rings. The predicted molar refractivity (Wildman–Crippen MR) is 83.0 cm³/mol. The van der Waals surface area contributed by atoms with Crippen molar-refractivity contribution >= 4 is 40.4 Å². The predicted octanol–water partition coefficient (Wildman–Crippen LogP) is 3.45. The smallest absolute Gasteiger partial charge is 0.312 e. The van der Waals surface area contributed by atoms with Gasteiger partial charge >= 0.3 is 11.4 Å². The van der Waals surface area contributed by atoms with Gasteiger partial charge in [-0.2, -0.15) is 0 Å². The number of phenols is 2. The molecule has 0 atom stereocenters. The monoisotopic (exact) mass is 372 g/mol. The van der Waals surface area contributed by atoms with Gasteiger partial charge in [-0.05, 0) is 12.1 Å². The minimum atomic E-state index is -1.12. The summed E-state index contributed by atoms with van der Waals surface area (Å²) in [6.07, 6.45) is 0. The van der Waals surface area contributed by atoms with Crippen molar-refractivity contribution in [3.63, 3.8) is 0 Å². The molecular weight excluding hydrogens is 367 g/mol. The molecule has 0 saturated carbocycles. The molecular formula is C13H6Cl2N2O7. The second-order valence-corrected chi connectivity index (χ2v) is 5.36. The van der Waals surface area contributed by atoms with Crippen LogP contribution in [-0.2, 0) is 0 Å². The normalized spacial score (nSPS) is 10.4. The van der Waals surface area contributed by atoms with Crippen molar-refractivity contribution in [1.82, 2.24) is 0 Å². The summed E-state index contributed by atoms with van der Waals surface area (Å²) in [6, 6.07) is 3.51. The SMILES string of the molecule is O=C(c1cc(Cl)cc([N+](=O)[O-])c1O)c1cc(Cl)cc([N+](=O)[O-])c1O. The van der Waals surface area contributed by atoms with E-state index >= 15 is 0 Å². The zero-order valence-electron chi connectivity index (χ0n) is 11.4. The fraction of sp³-hybridized carbons (Fsp3) is 0. The Balaban J connectivity index is 2.71. The molecule has 0 aliphatic carbocycles. The molecule has 2 N–H and O–H groups in total. The number of nitro benzene ring substituents is 2. The number of rotatable bonds is 4. The molecule has 0 saturated heterocycles. The topological polar surface area (TPSA) is 144 Å². The van der Waals surface area contributed by atoms with E-state index < -0.39 is 49.6 Å². The molecule has 0 fully saturated rings. The lowest BCUT2D eigenvalue weighted by Crippen LogP contribution is -2.05. The Morgan fingerprint density at radius 3 is 1.46 bits per heavy atom. The highest BCUT2D eigenvalue weighted by atomic mass is 35.5. The first-order chi connectivity index (χ1) is 11.1. The van der Waals surface area contributed by atoms with Crippen molar-refractivity contribution in [3.05, 3.63) is 65.7 Å². The zero-order valence-corrected chi connectivity index (χ0v) is 12.9. The molecule has 0 unspecified atom stereocenters. The number of benzene rings is 2. The molecule has 2 aromatic carbocycles. The van der Waals surface area contributed by atoms with Crippen LogP contribution in [0.5, 0.6) is 11.5 Å². The van der Waals surface area contributed by atoms with Gasteiger partial charge in [-0.25, -0.2) is 0 Å². The molecule has 24 heavy (non-hydrogen) atoms. The van der Waals surface area contributed by atoms with Crippen LogP contribution in [-0.4, -0.2) is 25.8 Å².